The van der Waals surface area contributed by atoms with Gasteiger partial charge in [0.2, 0.25) is 15.9 Å². The van der Waals surface area contributed by atoms with Crippen molar-refractivity contribution >= 4 is 15.9 Å². The standard InChI is InChI=1S/C14H26N2O3S/c1-20(18,19)16(13-8-4-2-3-5-9-13)12-14(17)15-10-6-7-11-15/h13H,2-12H2,1H3. The van der Waals surface area contributed by atoms with Crippen molar-refractivity contribution in [3.05, 3.63) is 0 Å². The molecular formula is C14H26N2O3S. The van der Waals surface area contributed by atoms with Crippen LogP contribution in [0, 0.1) is 0 Å². The molecule has 0 aromatic carbocycles. The zero-order chi connectivity index (χ0) is 14.6. The lowest BCUT2D eigenvalue weighted by molar-refractivity contribution is -0.130. The average Bonchev–Trinajstić information content (AvgIpc) is 2.78. The topological polar surface area (TPSA) is 57.7 Å². The second kappa shape index (κ2) is 6.89. The molecule has 0 N–H and O–H groups in total. The minimum absolute atomic E-state index is 0.0130. The van der Waals surface area contributed by atoms with Gasteiger partial charge in [-0.05, 0) is 25.7 Å². The highest BCUT2D eigenvalue weighted by atomic mass is 32.2. The quantitative estimate of drug-likeness (QED) is 0.741. The zero-order valence-corrected chi connectivity index (χ0v) is 13.2. The fourth-order valence-corrected chi connectivity index (χ4v) is 4.36. The molecule has 0 unspecified atom stereocenters. The van der Waals surface area contributed by atoms with Crippen LogP contribution in [0.3, 0.4) is 0 Å². The maximum Gasteiger partial charge on any atom is 0.237 e. The molecule has 0 aromatic rings. The van der Waals surface area contributed by atoms with Gasteiger partial charge in [-0.2, -0.15) is 4.31 Å². The number of hydrogen-bond donors (Lipinski definition) is 0. The predicted molar refractivity (Wildman–Crippen MR) is 78.9 cm³/mol. The third kappa shape index (κ3) is 4.19. The Labute approximate surface area is 122 Å². The Morgan fingerprint density at radius 3 is 2.10 bits per heavy atom. The van der Waals surface area contributed by atoms with Crippen LogP contribution in [0.5, 0.6) is 0 Å². The van der Waals surface area contributed by atoms with Crippen LogP contribution in [-0.4, -0.2) is 55.5 Å². The summed E-state index contributed by atoms with van der Waals surface area (Å²) in [6.45, 7) is 1.59. The summed E-state index contributed by atoms with van der Waals surface area (Å²) in [5.74, 6) is -0.0304. The first kappa shape index (κ1) is 15.8. The molecule has 20 heavy (non-hydrogen) atoms. The first-order chi connectivity index (χ1) is 9.48. The van der Waals surface area contributed by atoms with E-state index in [1.807, 2.05) is 0 Å². The molecule has 5 nitrogen and oxygen atoms in total. The van der Waals surface area contributed by atoms with Crippen LogP contribution in [0.1, 0.15) is 51.4 Å². The molecule has 1 aliphatic heterocycles. The van der Waals surface area contributed by atoms with Gasteiger partial charge in [0.25, 0.3) is 0 Å². The van der Waals surface area contributed by atoms with E-state index >= 15 is 0 Å². The molecule has 1 saturated heterocycles. The molecule has 1 heterocycles. The van der Waals surface area contributed by atoms with E-state index in [0.717, 1.165) is 51.6 Å². The van der Waals surface area contributed by atoms with Crippen molar-refractivity contribution < 1.29 is 13.2 Å². The third-order valence-electron chi connectivity index (χ3n) is 4.41. The number of likely N-dealkylation sites (tertiary alicyclic amines) is 1. The minimum atomic E-state index is -3.32. The number of hydrogen-bond acceptors (Lipinski definition) is 3. The van der Waals surface area contributed by atoms with Crippen LogP contribution >= 0.6 is 0 Å². The number of carbonyl (C=O) groups excluding carboxylic acids is 1. The smallest absolute Gasteiger partial charge is 0.237 e. The highest BCUT2D eigenvalue weighted by Crippen LogP contribution is 2.24. The van der Waals surface area contributed by atoms with Crippen LogP contribution in [0.25, 0.3) is 0 Å². The van der Waals surface area contributed by atoms with Crippen LogP contribution in [0.15, 0.2) is 0 Å². The van der Waals surface area contributed by atoms with Gasteiger partial charge in [0.15, 0.2) is 0 Å². The summed E-state index contributed by atoms with van der Waals surface area (Å²) in [6, 6.07) is 0.0130. The van der Waals surface area contributed by atoms with E-state index < -0.39 is 10.0 Å². The molecule has 0 radical (unpaired) electrons. The molecule has 0 atom stereocenters. The summed E-state index contributed by atoms with van der Waals surface area (Å²) < 4.78 is 25.6. The second-order valence-corrected chi connectivity index (χ2v) is 7.98. The minimum Gasteiger partial charge on any atom is -0.342 e. The lowest BCUT2D eigenvalue weighted by Crippen LogP contribution is -2.46. The van der Waals surface area contributed by atoms with Crippen molar-refractivity contribution in [1.82, 2.24) is 9.21 Å². The van der Waals surface area contributed by atoms with Gasteiger partial charge >= 0.3 is 0 Å². The summed E-state index contributed by atoms with van der Waals surface area (Å²) in [5.41, 5.74) is 0. The number of sulfonamides is 1. The van der Waals surface area contributed by atoms with Gasteiger partial charge in [0.05, 0.1) is 12.8 Å². The van der Waals surface area contributed by atoms with Crippen LogP contribution in [0.4, 0.5) is 0 Å². The van der Waals surface area contributed by atoms with Gasteiger partial charge in [0.1, 0.15) is 0 Å². The molecule has 6 heteroatoms. The zero-order valence-electron chi connectivity index (χ0n) is 12.4. The second-order valence-electron chi connectivity index (χ2n) is 6.04. The molecule has 0 aromatic heterocycles. The lowest BCUT2D eigenvalue weighted by atomic mass is 10.1. The van der Waals surface area contributed by atoms with E-state index in [0.29, 0.717) is 0 Å². The number of amides is 1. The molecule has 0 spiro atoms. The Balaban J connectivity index is 2.04. The van der Waals surface area contributed by atoms with Crippen molar-refractivity contribution in [2.45, 2.75) is 57.4 Å². The Morgan fingerprint density at radius 2 is 1.60 bits per heavy atom. The van der Waals surface area contributed by atoms with Crippen LogP contribution in [0.2, 0.25) is 0 Å². The molecule has 0 bridgehead atoms. The lowest BCUT2D eigenvalue weighted by Gasteiger charge is -2.29. The summed E-state index contributed by atoms with van der Waals surface area (Å²) in [6.07, 6.45) is 9.56. The Morgan fingerprint density at radius 1 is 1.05 bits per heavy atom. The van der Waals surface area contributed by atoms with E-state index in [-0.39, 0.29) is 18.5 Å². The molecule has 2 rings (SSSR count). The van der Waals surface area contributed by atoms with Gasteiger partial charge in [-0.3, -0.25) is 4.79 Å². The van der Waals surface area contributed by atoms with E-state index in [4.69, 9.17) is 0 Å². The molecular weight excluding hydrogens is 276 g/mol. The number of rotatable bonds is 4. The molecule has 1 saturated carbocycles. The Kier molecular flexibility index (Phi) is 5.43. The monoisotopic (exact) mass is 302 g/mol. The van der Waals surface area contributed by atoms with Crippen molar-refractivity contribution in [2.75, 3.05) is 25.9 Å². The van der Waals surface area contributed by atoms with E-state index in [1.54, 1.807) is 4.90 Å². The normalized spacial score (nSPS) is 22.2. The molecule has 116 valence electrons. The van der Waals surface area contributed by atoms with Crippen molar-refractivity contribution in [3.63, 3.8) is 0 Å². The predicted octanol–water partition coefficient (Wildman–Crippen LogP) is 1.59. The fourth-order valence-electron chi connectivity index (χ4n) is 3.26. The van der Waals surface area contributed by atoms with Gasteiger partial charge in [0, 0.05) is 19.1 Å². The van der Waals surface area contributed by atoms with Crippen molar-refractivity contribution in [1.29, 1.82) is 0 Å². The highest BCUT2D eigenvalue weighted by molar-refractivity contribution is 7.88. The molecule has 1 aliphatic carbocycles. The van der Waals surface area contributed by atoms with E-state index in [2.05, 4.69) is 0 Å². The van der Waals surface area contributed by atoms with E-state index in [9.17, 15) is 13.2 Å². The summed E-state index contributed by atoms with van der Waals surface area (Å²) in [4.78, 5) is 14.1. The maximum atomic E-state index is 12.3. The van der Waals surface area contributed by atoms with Crippen LogP contribution in [-0.2, 0) is 14.8 Å². The van der Waals surface area contributed by atoms with Gasteiger partial charge < -0.3 is 4.90 Å². The highest BCUT2D eigenvalue weighted by Gasteiger charge is 2.31. The number of nitrogens with zero attached hydrogens (tertiary/aromatic N) is 2. The van der Waals surface area contributed by atoms with E-state index in [1.165, 1.54) is 23.4 Å². The Hall–Kier alpha value is -0.620. The SMILES string of the molecule is CS(=O)(=O)N(CC(=O)N1CCCC1)C1CCCCCC1. The number of carbonyl (C=O) groups is 1. The largest absolute Gasteiger partial charge is 0.342 e. The summed E-state index contributed by atoms with van der Waals surface area (Å²) in [5, 5.41) is 0. The maximum absolute atomic E-state index is 12.3. The van der Waals surface area contributed by atoms with Crippen LogP contribution < -0.4 is 0 Å². The van der Waals surface area contributed by atoms with Gasteiger partial charge in [-0.15, -0.1) is 0 Å². The molecule has 1 amide bonds. The Bertz CT molecular complexity index is 422. The third-order valence-corrected chi connectivity index (χ3v) is 5.69. The first-order valence-electron chi connectivity index (χ1n) is 7.73. The van der Waals surface area contributed by atoms with Crippen molar-refractivity contribution in [3.8, 4) is 0 Å². The first-order valence-corrected chi connectivity index (χ1v) is 9.58. The van der Waals surface area contributed by atoms with Gasteiger partial charge in [-0.25, -0.2) is 8.42 Å². The summed E-state index contributed by atoms with van der Waals surface area (Å²) >= 11 is 0. The summed E-state index contributed by atoms with van der Waals surface area (Å²) in [7, 11) is -3.32. The average molecular weight is 302 g/mol. The fraction of sp³-hybridized carbons (Fsp3) is 0.929. The van der Waals surface area contributed by atoms with Gasteiger partial charge in [-0.1, -0.05) is 25.7 Å². The van der Waals surface area contributed by atoms with Crippen molar-refractivity contribution in [2.24, 2.45) is 0 Å². The molecule has 2 aliphatic rings. The molecule has 2 fully saturated rings.